The molecule has 2 rings (SSSR count). The number of rotatable bonds is 3. The van der Waals surface area contributed by atoms with Crippen LogP contribution in [0.5, 0.6) is 5.95 Å². The van der Waals surface area contributed by atoms with Gasteiger partial charge in [-0.05, 0) is 18.2 Å². The van der Waals surface area contributed by atoms with Crippen molar-refractivity contribution in [1.29, 1.82) is 0 Å². The van der Waals surface area contributed by atoms with Crippen LogP contribution in [0.25, 0.3) is 0 Å². The standard InChI is InChI=1S/C12H7FO5/c13-8-4-2-1-3-7(8)11(14)9-5-6-10(17-9)18-12(15)16/h1-6H,(H,15,16). The third kappa shape index (κ3) is 2.37. The highest BCUT2D eigenvalue weighted by Gasteiger charge is 2.18. The monoisotopic (exact) mass is 250 g/mol. The second-order valence-electron chi connectivity index (χ2n) is 3.30. The van der Waals surface area contributed by atoms with E-state index in [1.807, 2.05) is 0 Å². The van der Waals surface area contributed by atoms with Crippen molar-refractivity contribution in [3.8, 4) is 5.95 Å². The molecule has 92 valence electrons. The largest absolute Gasteiger partial charge is 0.513 e. The lowest BCUT2D eigenvalue weighted by Crippen LogP contribution is -2.03. The van der Waals surface area contributed by atoms with Crippen LogP contribution >= 0.6 is 0 Å². The van der Waals surface area contributed by atoms with E-state index in [1.165, 1.54) is 30.3 Å². The lowest BCUT2D eigenvalue weighted by Gasteiger charge is -1.99. The van der Waals surface area contributed by atoms with Gasteiger partial charge in [-0.15, -0.1) is 0 Å². The summed E-state index contributed by atoms with van der Waals surface area (Å²) in [6.45, 7) is 0. The van der Waals surface area contributed by atoms with Gasteiger partial charge in [-0.25, -0.2) is 9.18 Å². The smallest absolute Gasteiger partial charge is 0.449 e. The van der Waals surface area contributed by atoms with Gasteiger partial charge in [0.1, 0.15) is 5.82 Å². The molecule has 1 heterocycles. The lowest BCUT2D eigenvalue weighted by molar-refractivity contribution is 0.0988. The number of carbonyl (C=O) groups excluding carboxylic acids is 1. The molecular weight excluding hydrogens is 243 g/mol. The maximum Gasteiger partial charge on any atom is 0.513 e. The Morgan fingerprint density at radius 1 is 1.17 bits per heavy atom. The van der Waals surface area contributed by atoms with E-state index >= 15 is 0 Å². The third-order valence-corrected chi connectivity index (χ3v) is 2.11. The Balaban J connectivity index is 2.27. The first kappa shape index (κ1) is 11.8. The first-order valence-electron chi connectivity index (χ1n) is 4.88. The molecule has 1 N–H and O–H groups in total. The van der Waals surface area contributed by atoms with Crippen molar-refractivity contribution in [2.24, 2.45) is 0 Å². The van der Waals surface area contributed by atoms with Crippen molar-refractivity contribution in [2.75, 3.05) is 0 Å². The summed E-state index contributed by atoms with van der Waals surface area (Å²) in [6, 6.07) is 7.79. The van der Waals surface area contributed by atoms with Crippen LogP contribution in [0.3, 0.4) is 0 Å². The molecule has 0 aliphatic carbocycles. The van der Waals surface area contributed by atoms with Gasteiger partial charge >= 0.3 is 6.16 Å². The molecule has 0 unspecified atom stereocenters. The Kier molecular flexibility index (Phi) is 3.09. The molecule has 0 bridgehead atoms. The Hall–Kier alpha value is -2.63. The minimum absolute atomic E-state index is 0.159. The average Bonchev–Trinajstić information content (AvgIpc) is 2.76. The first-order chi connectivity index (χ1) is 8.58. The zero-order chi connectivity index (χ0) is 13.1. The fourth-order valence-corrected chi connectivity index (χ4v) is 1.36. The van der Waals surface area contributed by atoms with Gasteiger partial charge in [0, 0.05) is 6.07 Å². The summed E-state index contributed by atoms with van der Waals surface area (Å²) in [5, 5.41) is 8.35. The van der Waals surface area contributed by atoms with Crippen molar-refractivity contribution in [3.05, 3.63) is 53.5 Å². The molecular formula is C12H7FO5. The zero-order valence-electron chi connectivity index (χ0n) is 8.92. The van der Waals surface area contributed by atoms with Crippen LogP contribution in [0.4, 0.5) is 9.18 Å². The summed E-state index contributed by atoms with van der Waals surface area (Å²) in [7, 11) is 0. The number of carbonyl (C=O) groups is 2. The number of ketones is 1. The minimum atomic E-state index is -1.56. The van der Waals surface area contributed by atoms with E-state index in [4.69, 9.17) is 9.52 Å². The summed E-state index contributed by atoms with van der Waals surface area (Å²) < 4.78 is 22.4. The lowest BCUT2D eigenvalue weighted by atomic mass is 10.1. The van der Waals surface area contributed by atoms with E-state index in [0.29, 0.717) is 0 Å². The minimum Gasteiger partial charge on any atom is -0.449 e. The molecule has 18 heavy (non-hydrogen) atoms. The maximum absolute atomic E-state index is 13.4. The van der Waals surface area contributed by atoms with E-state index in [0.717, 1.165) is 6.07 Å². The zero-order valence-corrected chi connectivity index (χ0v) is 8.92. The highest BCUT2D eigenvalue weighted by Crippen LogP contribution is 2.20. The number of hydrogen-bond donors (Lipinski definition) is 1. The van der Waals surface area contributed by atoms with Crippen LogP contribution in [-0.4, -0.2) is 17.0 Å². The van der Waals surface area contributed by atoms with E-state index in [2.05, 4.69) is 4.74 Å². The fraction of sp³-hybridized carbons (Fsp3) is 0. The van der Waals surface area contributed by atoms with Gasteiger partial charge in [-0.1, -0.05) is 12.1 Å². The SMILES string of the molecule is O=C(O)Oc1ccc(C(=O)c2ccccc2F)o1. The van der Waals surface area contributed by atoms with Gasteiger partial charge in [0.15, 0.2) is 5.76 Å². The Bertz CT molecular complexity index is 602. The molecule has 0 saturated carbocycles. The normalized spacial score (nSPS) is 10.1. The van der Waals surface area contributed by atoms with Gasteiger partial charge < -0.3 is 14.3 Å². The molecule has 0 atom stereocenters. The van der Waals surface area contributed by atoms with Crippen molar-refractivity contribution in [2.45, 2.75) is 0 Å². The van der Waals surface area contributed by atoms with Gasteiger partial charge in [0.05, 0.1) is 5.56 Å². The van der Waals surface area contributed by atoms with Crippen LogP contribution < -0.4 is 4.74 Å². The van der Waals surface area contributed by atoms with Gasteiger partial charge in [-0.2, -0.15) is 0 Å². The highest BCUT2D eigenvalue weighted by atomic mass is 19.1. The van der Waals surface area contributed by atoms with Crippen LogP contribution in [0.15, 0.2) is 40.8 Å². The van der Waals surface area contributed by atoms with E-state index in [9.17, 15) is 14.0 Å². The number of ether oxygens (including phenoxy) is 1. The summed E-state index contributed by atoms with van der Waals surface area (Å²) in [4.78, 5) is 22.1. The summed E-state index contributed by atoms with van der Waals surface area (Å²) in [5.41, 5.74) is -0.159. The maximum atomic E-state index is 13.4. The fourth-order valence-electron chi connectivity index (χ4n) is 1.36. The Morgan fingerprint density at radius 2 is 1.89 bits per heavy atom. The van der Waals surface area contributed by atoms with E-state index in [-0.39, 0.29) is 17.3 Å². The Morgan fingerprint density at radius 3 is 2.56 bits per heavy atom. The molecule has 0 amide bonds. The van der Waals surface area contributed by atoms with Gasteiger partial charge in [-0.3, -0.25) is 4.79 Å². The second kappa shape index (κ2) is 4.70. The number of benzene rings is 1. The van der Waals surface area contributed by atoms with Crippen LogP contribution in [-0.2, 0) is 0 Å². The molecule has 1 aromatic heterocycles. The van der Waals surface area contributed by atoms with Crippen LogP contribution in [0.2, 0.25) is 0 Å². The molecule has 0 fully saturated rings. The topological polar surface area (TPSA) is 76.7 Å². The predicted octanol–water partition coefficient (Wildman–Crippen LogP) is 2.71. The van der Waals surface area contributed by atoms with Gasteiger partial charge in [0.2, 0.25) is 5.78 Å². The van der Waals surface area contributed by atoms with Crippen LogP contribution in [0, 0.1) is 5.82 Å². The molecule has 0 aliphatic heterocycles. The number of halogens is 1. The van der Waals surface area contributed by atoms with E-state index < -0.39 is 17.8 Å². The molecule has 2 aromatic rings. The van der Waals surface area contributed by atoms with E-state index in [1.54, 1.807) is 0 Å². The third-order valence-electron chi connectivity index (χ3n) is 2.11. The van der Waals surface area contributed by atoms with Crippen molar-refractivity contribution >= 4 is 11.9 Å². The molecule has 0 spiro atoms. The van der Waals surface area contributed by atoms with Crippen LogP contribution in [0.1, 0.15) is 16.1 Å². The number of hydrogen-bond acceptors (Lipinski definition) is 4. The first-order valence-corrected chi connectivity index (χ1v) is 4.88. The summed E-state index contributed by atoms with van der Waals surface area (Å²) >= 11 is 0. The summed E-state index contributed by atoms with van der Waals surface area (Å²) in [5.74, 6) is -1.91. The molecule has 0 aliphatic rings. The number of furan rings is 1. The van der Waals surface area contributed by atoms with Crippen molar-refractivity contribution in [3.63, 3.8) is 0 Å². The highest BCUT2D eigenvalue weighted by molar-refractivity contribution is 6.07. The second-order valence-corrected chi connectivity index (χ2v) is 3.30. The molecule has 6 heteroatoms. The summed E-state index contributed by atoms with van der Waals surface area (Å²) in [6.07, 6.45) is -1.56. The number of carboxylic acid groups (broad SMARTS) is 1. The Labute approximate surface area is 100 Å². The molecule has 0 radical (unpaired) electrons. The van der Waals surface area contributed by atoms with Gasteiger partial charge in [0.25, 0.3) is 5.95 Å². The molecule has 1 aromatic carbocycles. The van der Waals surface area contributed by atoms with Crippen molar-refractivity contribution < 1.29 is 28.2 Å². The average molecular weight is 250 g/mol. The quantitative estimate of drug-likeness (QED) is 0.669. The van der Waals surface area contributed by atoms with Crippen molar-refractivity contribution in [1.82, 2.24) is 0 Å². The molecule has 5 nitrogen and oxygen atoms in total. The predicted molar refractivity (Wildman–Crippen MR) is 57.2 cm³/mol. The molecule has 0 saturated heterocycles.